The van der Waals surface area contributed by atoms with Crippen molar-refractivity contribution in [3.05, 3.63) is 65.5 Å². The summed E-state index contributed by atoms with van der Waals surface area (Å²) in [5.74, 6) is 0.731. The number of carbonyl (C=O) groups excluding carboxylic acids is 1. The molecule has 1 amide bonds. The molecule has 2 aromatic carbocycles. The highest BCUT2D eigenvalue weighted by atomic mass is 28.3. The number of para-hydroxylation sites is 1. The lowest BCUT2D eigenvalue weighted by Crippen LogP contribution is -2.26. The molecule has 0 aliphatic heterocycles. The van der Waals surface area contributed by atoms with Gasteiger partial charge < -0.3 is 25.1 Å². The van der Waals surface area contributed by atoms with Crippen LogP contribution in [0, 0.1) is 0 Å². The van der Waals surface area contributed by atoms with Crippen LogP contribution in [-0.2, 0) is 35.8 Å². The van der Waals surface area contributed by atoms with Gasteiger partial charge in [-0.3, -0.25) is 0 Å². The number of benzene rings is 2. The molecule has 0 aliphatic carbocycles. The average Bonchev–Trinajstić information content (AvgIpc) is 3.12. The van der Waals surface area contributed by atoms with Gasteiger partial charge in [-0.25, -0.2) is 9.78 Å². The van der Waals surface area contributed by atoms with Gasteiger partial charge in [-0.1, -0.05) is 62.1 Å². The Balaban J connectivity index is 1.70. The first-order valence-electron chi connectivity index (χ1n) is 11.1. The predicted octanol–water partition coefficient (Wildman–Crippen LogP) is 4.28. The Bertz CT molecular complexity index is 1020. The number of aromatic nitrogens is 2. The number of amides is 1. The van der Waals surface area contributed by atoms with Crippen molar-refractivity contribution < 1.29 is 14.3 Å². The lowest BCUT2D eigenvalue weighted by atomic mass is 10.1. The molecule has 3 N–H and O–H groups in total. The largest absolute Gasteiger partial charge is 0.445 e. The standard InChI is InChI=1S/C24H34N4O3Si/c1-32(2,3)15-14-30-18-28-21-11-7-10-20(12-13-25)23(21)27-22(28)16-26-24(29)31-17-19-8-5-4-6-9-19/h4-11H,12-18,25H2,1-3H3,(H,26,29). The monoisotopic (exact) mass is 454 g/mol. The predicted molar refractivity (Wildman–Crippen MR) is 130 cm³/mol. The molecule has 8 heteroatoms. The zero-order valence-electron chi connectivity index (χ0n) is 19.3. The molecule has 0 atom stereocenters. The third-order valence-electron chi connectivity index (χ3n) is 5.18. The van der Waals surface area contributed by atoms with Gasteiger partial charge in [-0.15, -0.1) is 0 Å². The van der Waals surface area contributed by atoms with Crippen LogP contribution in [0.4, 0.5) is 4.79 Å². The summed E-state index contributed by atoms with van der Waals surface area (Å²) >= 11 is 0. The van der Waals surface area contributed by atoms with Crippen molar-refractivity contribution in [2.75, 3.05) is 13.2 Å². The van der Waals surface area contributed by atoms with E-state index in [1.807, 2.05) is 53.1 Å². The Morgan fingerprint density at radius 1 is 1.12 bits per heavy atom. The highest BCUT2D eigenvalue weighted by molar-refractivity contribution is 6.76. The first-order valence-corrected chi connectivity index (χ1v) is 14.8. The van der Waals surface area contributed by atoms with Crippen LogP contribution in [0.3, 0.4) is 0 Å². The second-order valence-corrected chi connectivity index (χ2v) is 14.7. The van der Waals surface area contributed by atoms with E-state index in [-0.39, 0.29) is 13.2 Å². The molecule has 32 heavy (non-hydrogen) atoms. The summed E-state index contributed by atoms with van der Waals surface area (Å²) in [5, 5.41) is 2.82. The molecular weight excluding hydrogens is 420 g/mol. The molecule has 0 fully saturated rings. The molecule has 1 aromatic heterocycles. The van der Waals surface area contributed by atoms with Gasteiger partial charge in [0.05, 0.1) is 17.6 Å². The maximum atomic E-state index is 12.2. The van der Waals surface area contributed by atoms with E-state index in [1.54, 1.807) is 0 Å². The molecule has 1 heterocycles. The van der Waals surface area contributed by atoms with Crippen LogP contribution in [0.15, 0.2) is 48.5 Å². The van der Waals surface area contributed by atoms with E-state index >= 15 is 0 Å². The maximum absolute atomic E-state index is 12.2. The minimum absolute atomic E-state index is 0.226. The SMILES string of the molecule is C[Si](C)(C)CCOCn1c(CNC(=O)OCc2ccccc2)nc2c(CCN)cccc21. The number of imidazole rings is 1. The molecule has 0 radical (unpaired) electrons. The van der Waals surface area contributed by atoms with Crippen molar-refractivity contribution >= 4 is 25.2 Å². The molecule has 172 valence electrons. The summed E-state index contributed by atoms with van der Waals surface area (Å²) < 4.78 is 13.4. The number of hydrogen-bond acceptors (Lipinski definition) is 5. The van der Waals surface area contributed by atoms with Crippen molar-refractivity contribution in [2.45, 2.75) is 52.0 Å². The molecule has 0 spiro atoms. The highest BCUT2D eigenvalue weighted by Crippen LogP contribution is 2.21. The van der Waals surface area contributed by atoms with E-state index in [9.17, 15) is 4.79 Å². The Hall–Kier alpha value is -2.68. The zero-order valence-corrected chi connectivity index (χ0v) is 20.3. The van der Waals surface area contributed by atoms with E-state index in [0.29, 0.717) is 19.9 Å². The third kappa shape index (κ3) is 6.91. The van der Waals surface area contributed by atoms with Gasteiger partial charge in [0.15, 0.2) is 0 Å². The maximum Gasteiger partial charge on any atom is 0.407 e. The lowest BCUT2D eigenvalue weighted by molar-refractivity contribution is 0.0873. The number of hydrogen-bond donors (Lipinski definition) is 2. The number of alkyl carbamates (subject to hydrolysis) is 1. The molecule has 7 nitrogen and oxygen atoms in total. The first-order chi connectivity index (χ1) is 15.4. The van der Waals surface area contributed by atoms with E-state index in [0.717, 1.165) is 40.4 Å². The molecular formula is C24H34N4O3Si. The van der Waals surface area contributed by atoms with E-state index in [4.69, 9.17) is 20.2 Å². The number of ether oxygens (including phenoxy) is 2. The number of nitrogens with one attached hydrogen (secondary N) is 1. The molecule has 3 rings (SSSR count). The van der Waals surface area contributed by atoms with E-state index in [2.05, 4.69) is 25.0 Å². The number of fused-ring (bicyclic) bond motifs is 1. The van der Waals surface area contributed by atoms with Crippen LogP contribution in [0.5, 0.6) is 0 Å². The fraction of sp³-hybridized carbons (Fsp3) is 0.417. The zero-order chi connectivity index (χ0) is 23.0. The van der Waals surface area contributed by atoms with Gasteiger partial charge >= 0.3 is 6.09 Å². The Morgan fingerprint density at radius 3 is 2.62 bits per heavy atom. The topological polar surface area (TPSA) is 91.4 Å². The molecule has 0 bridgehead atoms. The van der Waals surface area contributed by atoms with Crippen molar-refractivity contribution in [1.29, 1.82) is 0 Å². The number of nitrogens with zero attached hydrogens (tertiary/aromatic N) is 2. The Kier molecular flexibility index (Phi) is 8.44. The normalized spacial score (nSPS) is 11.6. The second-order valence-electron chi connectivity index (χ2n) is 9.04. The molecule has 0 unspecified atom stereocenters. The fourth-order valence-electron chi connectivity index (χ4n) is 3.35. The van der Waals surface area contributed by atoms with Crippen molar-refractivity contribution in [2.24, 2.45) is 5.73 Å². The smallest absolute Gasteiger partial charge is 0.407 e. The molecule has 0 saturated heterocycles. The van der Waals surface area contributed by atoms with E-state index in [1.165, 1.54) is 0 Å². The molecule has 0 saturated carbocycles. The highest BCUT2D eigenvalue weighted by Gasteiger charge is 2.16. The molecule has 3 aromatic rings. The summed E-state index contributed by atoms with van der Waals surface area (Å²) in [6.45, 7) is 9.13. The first kappa shape index (κ1) is 24.0. The van der Waals surface area contributed by atoms with Crippen LogP contribution in [-0.4, -0.2) is 36.9 Å². The van der Waals surface area contributed by atoms with Gasteiger partial charge in [-0.2, -0.15) is 0 Å². The number of carbonyl (C=O) groups is 1. The Morgan fingerprint density at radius 2 is 1.91 bits per heavy atom. The summed E-state index contributed by atoms with van der Waals surface area (Å²) in [6, 6.07) is 16.8. The summed E-state index contributed by atoms with van der Waals surface area (Å²) in [6.07, 6.45) is 0.269. The average molecular weight is 455 g/mol. The van der Waals surface area contributed by atoms with Crippen LogP contribution >= 0.6 is 0 Å². The molecule has 0 aliphatic rings. The van der Waals surface area contributed by atoms with E-state index < -0.39 is 14.2 Å². The van der Waals surface area contributed by atoms with Gasteiger partial charge in [0.25, 0.3) is 0 Å². The minimum atomic E-state index is -1.17. The summed E-state index contributed by atoms with van der Waals surface area (Å²) in [5.41, 5.74) is 9.71. The van der Waals surface area contributed by atoms with Crippen LogP contribution in [0.1, 0.15) is 17.0 Å². The Labute approximate surface area is 190 Å². The van der Waals surface area contributed by atoms with Gasteiger partial charge in [0.1, 0.15) is 19.2 Å². The van der Waals surface area contributed by atoms with Crippen LogP contribution in [0.25, 0.3) is 11.0 Å². The lowest BCUT2D eigenvalue weighted by Gasteiger charge is -2.16. The second kappa shape index (κ2) is 11.3. The quantitative estimate of drug-likeness (QED) is 0.333. The van der Waals surface area contributed by atoms with Crippen molar-refractivity contribution in [1.82, 2.24) is 14.9 Å². The van der Waals surface area contributed by atoms with Crippen LogP contribution in [0.2, 0.25) is 25.7 Å². The minimum Gasteiger partial charge on any atom is -0.445 e. The summed E-state index contributed by atoms with van der Waals surface area (Å²) in [7, 11) is -1.17. The van der Waals surface area contributed by atoms with Gasteiger partial charge in [-0.05, 0) is 36.2 Å². The fourth-order valence-corrected chi connectivity index (χ4v) is 4.11. The van der Waals surface area contributed by atoms with Gasteiger partial charge in [0.2, 0.25) is 0 Å². The van der Waals surface area contributed by atoms with Crippen molar-refractivity contribution in [3.63, 3.8) is 0 Å². The summed E-state index contributed by atoms with van der Waals surface area (Å²) in [4.78, 5) is 17.1. The number of nitrogens with two attached hydrogens (primary N) is 1. The van der Waals surface area contributed by atoms with Gasteiger partial charge in [0, 0.05) is 14.7 Å². The number of rotatable bonds is 11. The van der Waals surface area contributed by atoms with Crippen molar-refractivity contribution in [3.8, 4) is 0 Å². The van der Waals surface area contributed by atoms with Crippen LogP contribution < -0.4 is 11.1 Å². The third-order valence-corrected chi connectivity index (χ3v) is 6.88.